The SMILES string of the molecule is CN(C)CCCC(=O)OC1CCCCCCCCC=CCC=CCCCOC(=O)CC(=O)OCCCC=CCC=CCCCCCCCC1. The third-order valence-corrected chi connectivity index (χ3v) is 8.63. The van der Waals surface area contributed by atoms with E-state index in [2.05, 4.69) is 53.5 Å². The molecule has 7 nitrogen and oxygen atoms in total. The van der Waals surface area contributed by atoms with E-state index < -0.39 is 11.9 Å². The lowest BCUT2D eigenvalue weighted by molar-refractivity contribution is -0.155. The zero-order valence-electron chi connectivity index (χ0n) is 31.4. The van der Waals surface area contributed by atoms with Gasteiger partial charge in [-0.15, -0.1) is 0 Å². The largest absolute Gasteiger partial charge is 0.465 e. The average Bonchev–Trinajstić information content (AvgIpc) is 3.06. The van der Waals surface area contributed by atoms with E-state index in [1.54, 1.807) is 0 Å². The summed E-state index contributed by atoms with van der Waals surface area (Å²) in [6.07, 6.45) is 42.6. The summed E-state index contributed by atoms with van der Waals surface area (Å²) in [4.78, 5) is 38.4. The van der Waals surface area contributed by atoms with E-state index in [1.807, 2.05) is 14.1 Å². The van der Waals surface area contributed by atoms with Crippen molar-refractivity contribution < 1.29 is 28.6 Å². The minimum absolute atomic E-state index is 0.0238. The van der Waals surface area contributed by atoms with E-state index in [4.69, 9.17) is 14.2 Å². The second-order valence-electron chi connectivity index (χ2n) is 13.7. The highest BCUT2D eigenvalue weighted by Gasteiger charge is 2.14. The predicted molar refractivity (Wildman–Crippen MR) is 202 cm³/mol. The van der Waals surface area contributed by atoms with Crippen LogP contribution in [0.4, 0.5) is 0 Å². The summed E-state index contributed by atoms with van der Waals surface area (Å²) in [7, 11) is 4.08. The second kappa shape index (κ2) is 33.8. The molecule has 0 amide bonds. The minimum atomic E-state index is -0.518. The van der Waals surface area contributed by atoms with E-state index in [9.17, 15) is 14.4 Å². The van der Waals surface area contributed by atoms with E-state index in [0.717, 1.165) is 90.0 Å². The topological polar surface area (TPSA) is 82.1 Å². The Morgan fingerprint density at radius 1 is 0.612 bits per heavy atom. The van der Waals surface area contributed by atoms with Crippen LogP contribution in [0.15, 0.2) is 48.6 Å². The summed E-state index contributed by atoms with van der Waals surface area (Å²) >= 11 is 0. The van der Waals surface area contributed by atoms with Gasteiger partial charge in [0, 0.05) is 6.42 Å². The molecule has 49 heavy (non-hydrogen) atoms. The van der Waals surface area contributed by atoms with E-state index >= 15 is 0 Å². The molecule has 0 atom stereocenters. The van der Waals surface area contributed by atoms with E-state index in [1.165, 1.54) is 64.2 Å². The van der Waals surface area contributed by atoms with Crippen molar-refractivity contribution in [1.82, 2.24) is 4.90 Å². The van der Waals surface area contributed by atoms with Gasteiger partial charge in [-0.05, 0) is 117 Å². The highest BCUT2D eigenvalue weighted by Crippen LogP contribution is 2.18. The van der Waals surface area contributed by atoms with Crippen LogP contribution in [0.1, 0.15) is 161 Å². The number of esters is 3. The first-order valence-corrected chi connectivity index (χ1v) is 19.7. The molecular weight excluding hydrogens is 614 g/mol. The Kier molecular flexibility index (Phi) is 30.6. The fraction of sp³-hybridized carbons (Fsp3) is 0.738. The normalized spacial score (nSPS) is 21.2. The number of rotatable bonds is 5. The van der Waals surface area contributed by atoms with Crippen LogP contribution in [-0.2, 0) is 28.6 Å². The van der Waals surface area contributed by atoms with Crippen LogP contribution in [0.2, 0.25) is 0 Å². The minimum Gasteiger partial charge on any atom is -0.465 e. The first kappa shape index (κ1) is 44.4. The van der Waals surface area contributed by atoms with Gasteiger partial charge in [0.05, 0.1) is 13.2 Å². The number of carbonyl (C=O) groups excluding carboxylic acids is 3. The number of nitrogens with zero attached hydrogens (tertiary/aromatic N) is 1. The van der Waals surface area contributed by atoms with Crippen molar-refractivity contribution in [3.05, 3.63) is 48.6 Å². The van der Waals surface area contributed by atoms with Crippen molar-refractivity contribution in [1.29, 1.82) is 0 Å². The lowest BCUT2D eigenvalue weighted by Crippen LogP contribution is -2.20. The number of cyclic esters (lactones) is 2. The van der Waals surface area contributed by atoms with Crippen LogP contribution in [0.5, 0.6) is 0 Å². The number of hydrogen-bond acceptors (Lipinski definition) is 7. The first-order chi connectivity index (χ1) is 24.0. The Morgan fingerprint density at radius 3 is 1.47 bits per heavy atom. The fourth-order valence-corrected chi connectivity index (χ4v) is 5.74. The van der Waals surface area contributed by atoms with Gasteiger partial charge in [0.15, 0.2) is 0 Å². The lowest BCUT2D eigenvalue weighted by atomic mass is 10.0. The molecule has 0 spiro atoms. The van der Waals surface area contributed by atoms with Gasteiger partial charge >= 0.3 is 17.9 Å². The molecule has 0 aromatic carbocycles. The highest BCUT2D eigenvalue weighted by molar-refractivity contribution is 5.91. The maximum Gasteiger partial charge on any atom is 0.317 e. The van der Waals surface area contributed by atoms with Crippen LogP contribution in [0.25, 0.3) is 0 Å². The van der Waals surface area contributed by atoms with Gasteiger partial charge in [-0.3, -0.25) is 14.4 Å². The smallest absolute Gasteiger partial charge is 0.317 e. The molecule has 0 fully saturated rings. The highest BCUT2D eigenvalue weighted by atomic mass is 16.6. The number of ether oxygens (including phenoxy) is 3. The Hall–Kier alpha value is -2.67. The average molecular weight is 686 g/mol. The molecule has 0 saturated heterocycles. The van der Waals surface area contributed by atoms with Crippen LogP contribution in [0.3, 0.4) is 0 Å². The summed E-state index contributed by atoms with van der Waals surface area (Å²) in [5.41, 5.74) is 0. The van der Waals surface area contributed by atoms with Crippen LogP contribution in [0, 0.1) is 0 Å². The summed E-state index contributed by atoms with van der Waals surface area (Å²) in [5.74, 6) is -1.06. The molecule has 7 heteroatoms. The summed E-state index contributed by atoms with van der Waals surface area (Å²) < 4.78 is 16.3. The van der Waals surface area contributed by atoms with Gasteiger partial charge < -0.3 is 19.1 Å². The second-order valence-corrected chi connectivity index (χ2v) is 13.7. The summed E-state index contributed by atoms with van der Waals surface area (Å²) in [5, 5.41) is 0. The number of allylic oxidation sites excluding steroid dienone is 8. The van der Waals surface area contributed by atoms with Crippen molar-refractivity contribution in [2.45, 2.75) is 167 Å². The zero-order valence-corrected chi connectivity index (χ0v) is 31.4. The molecule has 1 rings (SSSR count). The van der Waals surface area contributed by atoms with E-state index in [0.29, 0.717) is 19.6 Å². The predicted octanol–water partition coefficient (Wildman–Crippen LogP) is 10.5. The quantitative estimate of drug-likeness (QED) is 0.123. The van der Waals surface area contributed by atoms with Gasteiger partial charge in [0.1, 0.15) is 12.5 Å². The van der Waals surface area contributed by atoms with E-state index in [-0.39, 0.29) is 18.5 Å². The van der Waals surface area contributed by atoms with Crippen molar-refractivity contribution in [3.8, 4) is 0 Å². The van der Waals surface area contributed by atoms with Gasteiger partial charge in [0.2, 0.25) is 0 Å². The molecule has 0 N–H and O–H groups in total. The van der Waals surface area contributed by atoms with Crippen molar-refractivity contribution in [2.75, 3.05) is 33.9 Å². The van der Waals surface area contributed by atoms with Crippen molar-refractivity contribution in [2.24, 2.45) is 0 Å². The molecule has 0 aromatic heterocycles. The summed E-state index contributed by atoms with van der Waals surface area (Å²) in [6, 6.07) is 0. The molecule has 0 unspecified atom stereocenters. The van der Waals surface area contributed by atoms with Gasteiger partial charge in [-0.2, -0.15) is 0 Å². The monoisotopic (exact) mass is 686 g/mol. The Balaban J connectivity index is 2.45. The molecule has 280 valence electrons. The standard InChI is InChI=1S/C42H71NO6/c1-43(2)35-31-34-40(44)49-39-32-27-23-19-15-11-7-3-5-9-13-17-21-25-29-36-47-41(45)38-42(46)48-37-30-26-22-18-14-10-6-4-8-12-16-20-24-28-33-39/h5-6,9-10,17-18,21-22,39H,3-4,7-8,11-16,19-20,23-38H2,1-2H3. The lowest BCUT2D eigenvalue weighted by Gasteiger charge is -2.18. The van der Waals surface area contributed by atoms with Gasteiger partial charge in [0.25, 0.3) is 0 Å². The Morgan fingerprint density at radius 2 is 1.02 bits per heavy atom. The molecule has 0 aromatic rings. The number of hydrogen-bond donors (Lipinski definition) is 0. The molecular formula is C42H71NO6. The number of carbonyl (C=O) groups is 3. The molecule has 0 saturated carbocycles. The van der Waals surface area contributed by atoms with Gasteiger partial charge in [-0.1, -0.05) is 100.0 Å². The maximum absolute atomic E-state index is 12.5. The summed E-state index contributed by atoms with van der Waals surface area (Å²) in [6.45, 7) is 1.55. The molecule has 0 bridgehead atoms. The molecule has 1 aliphatic rings. The van der Waals surface area contributed by atoms with Crippen LogP contribution < -0.4 is 0 Å². The molecule has 0 aliphatic carbocycles. The molecule has 0 radical (unpaired) electrons. The maximum atomic E-state index is 12.5. The third-order valence-electron chi connectivity index (χ3n) is 8.63. The van der Waals surface area contributed by atoms with Crippen molar-refractivity contribution >= 4 is 17.9 Å². The van der Waals surface area contributed by atoms with Crippen molar-refractivity contribution in [3.63, 3.8) is 0 Å². The Labute approximate surface area is 300 Å². The zero-order chi connectivity index (χ0) is 35.5. The van der Waals surface area contributed by atoms with Crippen LogP contribution in [-0.4, -0.2) is 62.8 Å². The third kappa shape index (κ3) is 32.3. The van der Waals surface area contributed by atoms with Crippen LogP contribution >= 0.6 is 0 Å². The molecule has 1 aliphatic heterocycles. The Bertz CT molecular complexity index is 877. The van der Waals surface area contributed by atoms with Gasteiger partial charge in [-0.25, -0.2) is 0 Å². The molecule has 1 heterocycles. The fourth-order valence-electron chi connectivity index (χ4n) is 5.74. The first-order valence-electron chi connectivity index (χ1n) is 19.7.